The van der Waals surface area contributed by atoms with E-state index in [0.717, 1.165) is 10.6 Å². The maximum Gasteiger partial charge on any atom is 0.342 e. The number of methoxy groups -OCH3 is 1. The van der Waals surface area contributed by atoms with Crippen molar-refractivity contribution in [1.82, 2.24) is 23.5 Å². The van der Waals surface area contributed by atoms with Gasteiger partial charge >= 0.3 is 5.69 Å². The Morgan fingerprint density at radius 3 is 2.55 bits per heavy atom. The molecule has 2 aliphatic rings. The highest BCUT2D eigenvalue weighted by Gasteiger charge is 2.38. The summed E-state index contributed by atoms with van der Waals surface area (Å²) in [5, 5.41) is -0.180. The van der Waals surface area contributed by atoms with Gasteiger partial charge in [0.15, 0.2) is 0 Å². The number of anilines is 1. The Morgan fingerprint density at radius 1 is 1.05 bits per heavy atom. The van der Waals surface area contributed by atoms with Crippen LogP contribution >= 0.6 is 11.6 Å². The maximum absolute atomic E-state index is 14.2. The van der Waals surface area contributed by atoms with Gasteiger partial charge in [-0.25, -0.2) is 23.1 Å². The number of rotatable bonds is 4. The van der Waals surface area contributed by atoms with E-state index in [2.05, 4.69) is 14.9 Å². The minimum atomic E-state index is -0.766. The standard InChI is InChI=1S/C27H21ClF2N6O4/c1-39-25-24-20(8-22(32-25)33-10-14-12-40-13-15(14)11-33)35(17-2-3-19(30)18(28)7-17)27(38)36(26(24)37)23-9-31-21-6-16(29)4-5-34(21)23/h2-9,14-15H,10-13H2,1H3/t14-,15+. The summed E-state index contributed by atoms with van der Waals surface area (Å²) in [4.78, 5) is 39.1. The van der Waals surface area contributed by atoms with Crippen molar-refractivity contribution in [3.05, 3.63) is 86.3 Å². The van der Waals surface area contributed by atoms with Crippen LogP contribution in [0.1, 0.15) is 0 Å². The van der Waals surface area contributed by atoms with Gasteiger partial charge in [0, 0.05) is 43.3 Å². The summed E-state index contributed by atoms with van der Waals surface area (Å²) in [6.45, 7) is 2.74. The van der Waals surface area contributed by atoms with Gasteiger partial charge in [0.25, 0.3) is 5.56 Å². The summed E-state index contributed by atoms with van der Waals surface area (Å²) in [7, 11) is 1.39. The molecule has 2 atom stereocenters. The molecule has 13 heteroatoms. The van der Waals surface area contributed by atoms with Crippen LogP contribution in [0.2, 0.25) is 5.02 Å². The lowest BCUT2D eigenvalue weighted by atomic mass is 10.0. The Bertz CT molecular complexity index is 1940. The number of hydrogen-bond acceptors (Lipinski definition) is 7. The van der Waals surface area contributed by atoms with Gasteiger partial charge in [0.2, 0.25) is 5.88 Å². The zero-order valence-corrected chi connectivity index (χ0v) is 21.8. The monoisotopic (exact) mass is 566 g/mol. The third-order valence-electron chi connectivity index (χ3n) is 7.60. The lowest BCUT2D eigenvalue weighted by Crippen LogP contribution is -2.39. The highest BCUT2D eigenvalue weighted by atomic mass is 35.5. The van der Waals surface area contributed by atoms with Crippen molar-refractivity contribution in [2.45, 2.75) is 0 Å². The summed E-state index contributed by atoms with van der Waals surface area (Å²) >= 11 is 6.11. The fraction of sp³-hybridized carbons (Fsp3) is 0.259. The van der Waals surface area contributed by atoms with E-state index in [-0.39, 0.29) is 39.0 Å². The second-order valence-corrected chi connectivity index (χ2v) is 10.3. The number of fused-ring (bicyclic) bond motifs is 3. The smallest absolute Gasteiger partial charge is 0.342 e. The number of aromatic nitrogens is 5. The van der Waals surface area contributed by atoms with Crippen molar-refractivity contribution in [2.75, 3.05) is 38.3 Å². The number of imidazole rings is 1. The van der Waals surface area contributed by atoms with Crippen LogP contribution in [0.25, 0.3) is 28.1 Å². The molecule has 10 nitrogen and oxygen atoms in total. The molecule has 0 radical (unpaired) electrons. The lowest BCUT2D eigenvalue weighted by molar-refractivity contribution is 0.177. The fourth-order valence-corrected chi connectivity index (χ4v) is 5.82. The second-order valence-electron chi connectivity index (χ2n) is 9.89. The zero-order chi connectivity index (χ0) is 27.7. The van der Waals surface area contributed by atoms with E-state index in [0.29, 0.717) is 44.0 Å². The summed E-state index contributed by atoms with van der Waals surface area (Å²) in [6.07, 6.45) is 2.67. The van der Waals surface area contributed by atoms with Gasteiger partial charge in [-0.15, -0.1) is 0 Å². The quantitative estimate of drug-likeness (QED) is 0.330. The van der Waals surface area contributed by atoms with Crippen molar-refractivity contribution >= 4 is 34.0 Å². The third-order valence-corrected chi connectivity index (χ3v) is 7.89. The van der Waals surface area contributed by atoms with Gasteiger partial charge < -0.3 is 14.4 Å². The van der Waals surface area contributed by atoms with Crippen LogP contribution in [0.3, 0.4) is 0 Å². The molecule has 0 saturated carbocycles. The minimum absolute atomic E-state index is 0.0152. The molecule has 2 aliphatic heterocycles. The number of pyridine rings is 2. The Kier molecular flexibility index (Phi) is 5.65. The van der Waals surface area contributed by atoms with Crippen LogP contribution in [0.5, 0.6) is 5.88 Å². The van der Waals surface area contributed by atoms with Crippen LogP contribution in [-0.4, -0.2) is 56.9 Å². The summed E-state index contributed by atoms with van der Waals surface area (Å²) < 4.78 is 42.8. The molecular weight excluding hydrogens is 546 g/mol. The van der Waals surface area contributed by atoms with Crippen LogP contribution in [0.15, 0.2) is 58.4 Å². The molecular formula is C27H21ClF2N6O4. The van der Waals surface area contributed by atoms with Crippen molar-refractivity contribution in [2.24, 2.45) is 11.8 Å². The molecule has 0 N–H and O–H groups in total. The Balaban J connectivity index is 1.55. The topological polar surface area (TPSA) is 95.9 Å². The summed E-state index contributed by atoms with van der Waals surface area (Å²) in [5.41, 5.74) is -0.845. The van der Waals surface area contributed by atoms with E-state index in [4.69, 9.17) is 21.1 Å². The average Bonchev–Trinajstić information content (AvgIpc) is 3.65. The molecule has 0 unspecified atom stereocenters. The van der Waals surface area contributed by atoms with E-state index in [9.17, 15) is 18.4 Å². The van der Waals surface area contributed by atoms with E-state index in [1.54, 1.807) is 6.07 Å². The molecule has 0 bridgehead atoms. The molecule has 7 rings (SSSR count). The lowest BCUT2D eigenvalue weighted by Gasteiger charge is -2.21. The minimum Gasteiger partial charge on any atom is -0.480 e. The molecule has 2 saturated heterocycles. The van der Waals surface area contributed by atoms with Gasteiger partial charge in [-0.3, -0.25) is 13.8 Å². The van der Waals surface area contributed by atoms with Crippen LogP contribution in [0.4, 0.5) is 14.6 Å². The summed E-state index contributed by atoms with van der Waals surface area (Å²) in [5.74, 6) is 0.149. The van der Waals surface area contributed by atoms with Crippen LogP contribution in [-0.2, 0) is 4.74 Å². The van der Waals surface area contributed by atoms with Crippen molar-refractivity contribution in [3.63, 3.8) is 0 Å². The van der Waals surface area contributed by atoms with Crippen molar-refractivity contribution < 1.29 is 18.3 Å². The van der Waals surface area contributed by atoms with Gasteiger partial charge in [-0.1, -0.05) is 11.6 Å². The molecule has 2 fully saturated rings. The fourth-order valence-electron chi connectivity index (χ4n) is 5.64. The predicted molar refractivity (Wildman–Crippen MR) is 143 cm³/mol. The first-order chi connectivity index (χ1) is 19.3. The Labute approximate surface area is 229 Å². The number of hydrogen-bond donors (Lipinski definition) is 0. The van der Waals surface area contributed by atoms with Crippen molar-refractivity contribution in [3.8, 4) is 17.4 Å². The predicted octanol–water partition coefficient (Wildman–Crippen LogP) is 3.21. The highest BCUT2D eigenvalue weighted by Crippen LogP contribution is 2.35. The molecule has 4 aromatic heterocycles. The zero-order valence-electron chi connectivity index (χ0n) is 21.1. The molecule has 0 amide bonds. The Hall–Kier alpha value is -4.29. The molecule has 40 heavy (non-hydrogen) atoms. The molecule has 5 aromatic rings. The molecule has 1 aromatic carbocycles. The number of benzene rings is 1. The van der Waals surface area contributed by atoms with E-state index in [1.165, 1.54) is 52.7 Å². The van der Waals surface area contributed by atoms with Crippen molar-refractivity contribution in [1.29, 1.82) is 0 Å². The molecule has 0 aliphatic carbocycles. The first-order valence-electron chi connectivity index (χ1n) is 12.5. The van der Waals surface area contributed by atoms with Gasteiger partial charge in [0.05, 0.1) is 42.7 Å². The third kappa shape index (κ3) is 3.70. The second kappa shape index (κ2) is 9.14. The molecule has 204 valence electrons. The van der Waals surface area contributed by atoms with E-state index < -0.39 is 22.9 Å². The van der Waals surface area contributed by atoms with E-state index >= 15 is 0 Å². The van der Waals surface area contributed by atoms with Crippen LogP contribution < -0.4 is 20.9 Å². The Morgan fingerprint density at radius 2 is 1.82 bits per heavy atom. The van der Waals surface area contributed by atoms with Gasteiger partial charge in [-0.05, 0) is 24.3 Å². The molecule has 0 spiro atoms. The highest BCUT2D eigenvalue weighted by molar-refractivity contribution is 6.30. The largest absolute Gasteiger partial charge is 0.480 e. The number of ether oxygens (including phenoxy) is 2. The number of nitrogens with zero attached hydrogens (tertiary/aromatic N) is 6. The van der Waals surface area contributed by atoms with Gasteiger partial charge in [-0.2, -0.15) is 4.98 Å². The molecule has 6 heterocycles. The van der Waals surface area contributed by atoms with E-state index in [1.807, 2.05) is 0 Å². The van der Waals surface area contributed by atoms with Crippen LogP contribution in [0, 0.1) is 23.5 Å². The SMILES string of the molecule is COc1nc(N2C[C@H]3COC[C@H]3C2)cc2c1c(=O)n(-c1cnc3cc(F)ccn13)c(=O)n2-c1ccc(F)c(Cl)c1. The maximum atomic E-state index is 14.2. The summed E-state index contributed by atoms with van der Waals surface area (Å²) in [6, 6.07) is 7.87. The number of halogens is 3. The van der Waals surface area contributed by atoms with Gasteiger partial charge in [0.1, 0.15) is 34.3 Å². The first kappa shape index (κ1) is 24.7. The first-order valence-corrected chi connectivity index (χ1v) is 12.9. The normalized spacial score (nSPS) is 18.6. The average molecular weight is 567 g/mol.